The second kappa shape index (κ2) is 9.59. The molecule has 1 aromatic heterocycles. The first-order valence-electron chi connectivity index (χ1n) is 8.99. The van der Waals surface area contributed by atoms with E-state index in [1.165, 1.54) is 23.0 Å². The molecular formula is C20H18F2N4O4. The molecule has 0 radical (unpaired) electrons. The Balaban J connectivity index is 1.67. The van der Waals surface area contributed by atoms with Crippen LogP contribution in [0.2, 0.25) is 0 Å². The summed E-state index contributed by atoms with van der Waals surface area (Å²) in [6.45, 7) is -2.80. The van der Waals surface area contributed by atoms with E-state index < -0.39 is 11.5 Å². The highest BCUT2D eigenvalue weighted by Crippen LogP contribution is 2.27. The number of nitrogens with one attached hydrogen (secondary N) is 1. The molecule has 156 valence electrons. The molecule has 0 atom stereocenters. The number of rotatable bonds is 9. The van der Waals surface area contributed by atoms with E-state index in [2.05, 4.69) is 15.2 Å². The number of ether oxygens (including phenoxy) is 1. The fraction of sp³-hybridized carbons (Fsp3) is 0.200. The molecule has 1 N–H and O–H groups in total. The fourth-order valence-electron chi connectivity index (χ4n) is 2.83. The van der Waals surface area contributed by atoms with Crippen molar-refractivity contribution < 1.29 is 23.2 Å². The minimum absolute atomic E-state index is 0.0299. The molecule has 8 nitrogen and oxygen atoms in total. The molecular weight excluding hydrogens is 398 g/mol. The maximum atomic E-state index is 12.7. The summed E-state index contributed by atoms with van der Waals surface area (Å²) in [6.07, 6.45) is 2.73. The molecule has 1 amide bonds. The Morgan fingerprint density at radius 3 is 2.67 bits per heavy atom. The third kappa shape index (κ3) is 5.84. The van der Waals surface area contributed by atoms with E-state index in [1.807, 2.05) is 30.3 Å². The van der Waals surface area contributed by atoms with Gasteiger partial charge in [0.15, 0.2) is 0 Å². The average Bonchev–Trinajstić information content (AvgIpc) is 3.18. The van der Waals surface area contributed by atoms with Crippen LogP contribution in [-0.4, -0.2) is 27.2 Å². The van der Waals surface area contributed by atoms with Crippen LogP contribution in [0.15, 0.2) is 60.9 Å². The number of aromatic nitrogens is 2. The summed E-state index contributed by atoms with van der Waals surface area (Å²) in [7, 11) is 0. The maximum absolute atomic E-state index is 12.7. The van der Waals surface area contributed by atoms with Crippen LogP contribution in [0.5, 0.6) is 5.75 Å². The zero-order valence-corrected chi connectivity index (χ0v) is 15.7. The Kier molecular flexibility index (Phi) is 6.68. The van der Waals surface area contributed by atoms with Gasteiger partial charge in [-0.1, -0.05) is 30.3 Å². The second-order valence-corrected chi connectivity index (χ2v) is 6.38. The van der Waals surface area contributed by atoms with Gasteiger partial charge in [0.25, 0.3) is 0 Å². The van der Waals surface area contributed by atoms with Crippen LogP contribution in [0.1, 0.15) is 17.5 Å². The van der Waals surface area contributed by atoms with Gasteiger partial charge < -0.3 is 10.1 Å². The minimum Gasteiger partial charge on any atom is -0.435 e. The van der Waals surface area contributed by atoms with Gasteiger partial charge in [-0.05, 0) is 23.8 Å². The lowest BCUT2D eigenvalue weighted by molar-refractivity contribution is -0.385. The molecule has 0 aliphatic carbocycles. The SMILES string of the molecule is O=C(CCn1cc([N+](=O)[O-])cn1)Nc1ccc(OC(F)F)c(Cc2ccccc2)c1. The van der Waals surface area contributed by atoms with E-state index in [1.54, 1.807) is 6.07 Å². The number of amides is 1. The normalized spacial score (nSPS) is 10.8. The van der Waals surface area contributed by atoms with Crippen molar-refractivity contribution in [2.45, 2.75) is 26.0 Å². The van der Waals surface area contributed by atoms with E-state index >= 15 is 0 Å². The maximum Gasteiger partial charge on any atom is 0.387 e. The first-order valence-corrected chi connectivity index (χ1v) is 8.99. The molecule has 1 heterocycles. The van der Waals surface area contributed by atoms with Crippen molar-refractivity contribution in [1.82, 2.24) is 9.78 Å². The van der Waals surface area contributed by atoms with Gasteiger partial charge in [-0.25, -0.2) is 0 Å². The van der Waals surface area contributed by atoms with Crippen LogP contribution in [0.4, 0.5) is 20.2 Å². The molecule has 10 heteroatoms. The van der Waals surface area contributed by atoms with Crippen molar-refractivity contribution in [1.29, 1.82) is 0 Å². The quantitative estimate of drug-likeness (QED) is 0.420. The summed E-state index contributed by atoms with van der Waals surface area (Å²) in [5.41, 5.74) is 1.68. The van der Waals surface area contributed by atoms with Crippen molar-refractivity contribution in [2.24, 2.45) is 0 Å². The van der Waals surface area contributed by atoms with E-state index in [-0.39, 0.29) is 30.3 Å². The average molecular weight is 416 g/mol. The van der Waals surface area contributed by atoms with Crippen molar-refractivity contribution >= 4 is 17.3 Å². The Hall–Kier alpha value is -3.82. The van der Waals surface area contributed by atoms with Crippen LogP contribution in [0.25, 0.3) is 0 Å². The molecule has 2 aromatic carbocycles. The van der Waals surface area contributed by atoms with Crippen molar-refractivity contribution in [2.75, 3.05) is 5.32 Å². The molecule has 0 saturated heterocycles. The van der Waals surface area contributed by atoms with Gasteiger partial charge in [-0.3, -0.25) is 19.6 Å². The van der Waals surface area contributed by atoms with E-state index in [9.17, 15) is 23.7 Å². The summed E-state index contributed by atoms with van der Waals surface area (Å²) in [4.78, 5) is 22.3. The zero-order chi connectivity index (χ0) is 21.5. The third-order valence-corrected chi connectivity index (χ3v) is 4.20. The molecule has 0 unspecified atom stereocenters. The smallest absolute Gasteiger partial charge is 0.387 e. The number of alkyl halides is 2. The topological polar surface area (TPSA) is 99.3 Å². The number of nitrogens with zero attached hydrogens (tertiary/aromatic N) is 3. The lowest BCUT2D eigenvalue weighted by atomic mass is 10.0. The van der Waals surface area contributed by atoms with Crippen LogP contribution < -0.4 is 10.1 Å². The lowest BCUT2D eigenvalue weighted by Gasteiger charge is -2.13. The second-order valence-electron chi connectivity index (χ2n) is 6.38. The highest BCUT2D eigenvalue weighted by molar-refractivity contribution is 5.90. The van der Waals surface area contributed by atoms with E-state index in [4.69, 9.17) is 0 Å². The van der Waals surface area contributed by atoms with Gasteiger partial charge in [0.2, 0.25) is 5.91 Å². The molecule has 0 spiro atoms. The largest absolute Gasteiger partial charge is 0.435 e. The molecule has 0 aliphatic heterocycles. The number of nitro groups is 1. The molecule has 0 aliphatic rings. The minimum atomic E-state index is -2.96. The number of anilines is 1. The van der Waals surface area contributed by atoms with E-state index in [0.29, 0.717) is 17.7 Å². The predicted molar refractivity (Wildman–Crippen MR) is 104 cm³/mol. The Bertz CT molecular complexity index is 1020. The summed E-state index contributed by atoms with van der Waals surface area (Å²) in [5.74, 6) is -0.308. The van der Waals surface area contributed by atoms with Crippen LogP contribution in [0.3, 0.4) is 0 Å². The lowest BCUT2D eigenvalue weighted by Crippen LogP contribution is -2.15. The van der Waals surface area contributed by atoms with Gasteiger partial charge in [-0.2, -0.15) is 13.9 Å². The van der Waals surface area contributed by atoms with Crippen molar-refractivity contribution in [3.8, 4) is 5.75 Å². The number of benzene rings is 2. The van der Waals surface area contributed by atoms with Crippen LogP contribution >= 0.6 is 0 Å². The summed E-state index contributed by atoms with van der Waals surface area (Å²) < 4.78 is 31.3. The number of aryl methyl sites for hydroxylation is 1. The first-order chi connectivity index (χ1) is 14.4. The van der Waals surface area contributed by atoms with Gasteiger partial charge in [0.05, 0.1) is 4.92 Å². The number of hydrogen-bond acceptors (Lipinski definition) is 5. The Morgan fingerprint density at radius 1 is 1.23 bits per heavy atom. The van der Waals surface area contributed by atoms with Gasteiger partial charge >= 0.3 is 12.3 Å². The zero-order valence-electron chi connectivity index (χ0n) is 15.7. The summed E-state index contributed by atoms with van der Waals surface area (Å²) in [5, 5.41) is 17.2. The molecule has 3 aromatic rings. The molecule has 3 rings (SSSR count). The number of carbonyl (C=O) groups is 1. The molecule has 0 fully saturated rings. The molecule has 0 bridgehead atoms. The van der Waals surface area contributed by atoms with Gasteiger partial charge in [0.1, 0.15) is 18.1 Å². The standard InChI is InChI=1S/C20H18F2N4O4/c21-20(22)30-18-7-6-16(11-15(18)10-14-4-2-1-3-5-14)24-19(27)8-9-25-13-17(12-23-25)26(28)29/h1-7,11-13,20H,8-10H2,(H,24,27). The van der Waals surface area contributed by atoms with Gasteiger partial charge in [-0.15, -0.1) is 0 Å². The Labute approximate surface area is 170 Å². The van der Waals surface area contributed by atoms with Gasteiger partial charge in [0, 0.05) is 30.6 Å². The predicted octanol–water partition coefficient (Wildman–Crippen LogP) is 4.01. The molecule has 30 heavy (non-hydrogen) atoms. The first kappa shape index (κ1) is 20.9. The summed E-state index contributed by atoms with van der Waals surface area (Å²) in [6, 6.07) is 13.7. The number of halogens is 2. The van der Waals surface area contributed by atoms with Crippen LogP contribution in [-0.2, 0) is 17.8 Å². The fourth-order valence-corrected chi connectivity index (χ4v) is 2.83. The highest BCUT2D eigenvalue weighted by Gasteiger charge is 2.13. The number of carbonyl (C=O) groups excluding carboxylic acids is 1. The van der Waals surface area contributed by atoms with Crippen molar-refractivity contribution in [3.05, 3.63) is 82.2 Å². The van der Waals surface area contributed by atoms with Crippen LogP contribution in [0, 0.1) is 10.1 Å². The highest BCUT2D eigenvalue weighted by atomic mass is 19.3. The summed E-state index contributed by atoms with van der Waals surface area (Å²) >= 11 is 0. The Morgan fingerprint density at radius 2 is 2.00 bits per heavy atom. The van der Waals surface area contributed by atoms with E-state index in [0.717, 1.165) is 11.8 Å². The van der Waals surface area contributed by atoms with Crippen molar-refractivity contribution in [3.63, 3.8) is 0 Å². The molecule has 0 saturated carbocycles. The monoisotopic (exact) mass is 416 g/mol. The number of hydrogen-bond donors (Lipinski definition) is 1. The third-order valence-electron chi connectivity index (χ3n) is 4.20.